The summed E-state index contributed by atoms with van der Waals surface area (Å²) in [6.07, 6.45) is 1.76. The van der Waals surface area contributed by atoms with Crippen molar-refractivity contribution in [2.45, 2.75) is 19.3 Å². The van der Waals surface area contributed by atoms with Gasteiger partial charge in [0.15, 0.2) is 0 Å². The zero-order valence-electron chi connectivity index (χ0n) is 10.6. The Morgan fingerprint density at radius 2 is 2.00 bits per heavy atom. The number of rotatable bonds is 3. The van der Waals surface area contributed by atoms with Crippen molar-refractivity contribution in [3.63, 3.8) is 0 Å². The first-order chi connectivity index (χ1) is 9.06. The summed E-state index contributed by atoms with van der Waals surface area (Å²) < 4.78 is 0.977. The number of benzene rings is 1. The van der Waals surface area contributed by atoms with Crippen LogP contribution in [-0.2, 0) is 16.0 Å². The summed E-state index contributed by atoms with van der Waals surface area (Å²) in [4.78, 5) is 25.0. The average Bonchev–Trinajstić information content (AvgIpc) is 2.39. The third kappa shape index (κ3) is 3.80. The van der Waals surface area contributed by atoms with E-state index in [0.717, 1.165) is 10.0 Å². The van der Waals surface area contributed by atoms with Gasteiger partial charge in [-0.2, -0.15) is 0 Å². The number of piperidine rings is 1. The van der Waals surface area contributed by atoms with Gasteiger partial charge >= 0.3 is 0 Å². The number of hydrogen-bond donors (Lipinski definition) is 1. The number of primary amides is 1. The van der Waals surface area contributed by atoms with Crippen LogP contribution < -0.4 is 5.73 Å². The summed E-state index contributed by atoms with van der Waals surface area (Å²) in [5, 5.41) is 0. The van der Waals surface area contributed by atoms with Crippen LogP contribution in [0, 0.1) is 5.92 Å². The molecular formula is C14H17BrN2O2. The third-order valence-corrected chi connectivity index (χ3v) is 3.99. The lowest BCUT2D eigenvalue weighted by molar-refractivity contribution is -0.134. The Labute approximate surface area is 121 Å². The monoisotopic (exact) mass is 324 g/mol. The Morgan fingerprint density at radius 1 is 1.32 bits per heavy atom. The summed E-state index contributed by atoms with van der Waals surface area (Å²) in [6, 6.07) is 7.76. The van der Waals surface area contributed by atoms with Gasteiger partial charge < -0.3 is 10.6 Å². The predicted octanol–water partition coefficient (Wildman–Crippen LogP) is 1.72. The van der Waals surface area contributed by atoms with Crippen LogP contribution in [0.4, 0.5) is 0 Å². The minimum absolute atomic E-state index is 0.0741. The van der Waals surface area contributed by atoms with E-state index in [1.54, 1.807) is 0 Å². The highest BCUT2D eigenvalue weighted by atomic mass is 79.9. The van der Waals surface area contributed by atoms with Crippen molar-refractivity contribution in [1.82, 2.24) is 4.90 Å². The molecule has 0 aromatic heterocycles. The zero-order chi connectivity index (χ0) is 13.8. The zero-order valence-corrected chi connectivity index (χ0v) is 12.2. The first-order valence-electron chi connectivity index (χ1n) is 6.38. The van der Waals surface area contributed by atoms with Crippen LogP contribution >= 0.6 is 15.9 Å². The van der Waals surface area contributed by atoms with Crippen molar-refractivity contribution in [3.8, 4) is 0 Å². The topological polar surface area (TPSA) is 63.4 Å². The Bertz CT molecular complexity index is 482. The summed E-state index contributed by atoms with van der Waals surface area (Å²) in [5.41, 5.74) is 6.28. The maximum Gasteiger partial charge on any atom is 0.226 e. The second kappa shape index (κ2) is 6.19. The molecule has 0 unspecified atom stereocenters. The molecule has 102 valence electrons. The molecule has 1 aromatic carbocycles. The predicted molar refractivity (Wildman–Crippen MR) is 76.3 cm³/mol. The molecular weight excluding hydrogens is 308 g/mol. The minimum atomic E-state index is -0.251. The lowest BCUT2D eigenvalue weighted by Crippen LogP contribution is -2.42. The van der Waals surface area contributed by atoms with E-state index in [1.807, 2.05) is 29.2 Å². The molecule has 1 aromatic rings. The molecule has 0 atom stereocenters. The van der Waals surface area contributed by atoms with Crippen molar-refractivity contribution in [2.24, 2.45) is 11.7 Å². The number of nitrogens with zero attached hydrogens (tertiary/aromatic N) is 1. The van der Waals surface area contributed by atoms with Crippen molar-refractivity contribution in [2.75, 3.05) is 13.1 Å². The van der Waals surface area contributed by atoms with Crippen LogP contribution in [0.2, 0.25) is 0 Å². The second-order valence-electron chi connectivity index (χ2n) is 4.86. The molecule has 2 amide bonds. The Balaban J connectivity index is 1.90. The number of carbonyl (C=O) groups is 2. The number of hydrogen-bond acceptors (Lipinski definition) is 2. The highest BCUT2D eigenvalue weighted by Gasteiger charge is 2.25. The molecule has 1 aliphatic rings. The molecule has 0 radical (unpaired) electrons. The lowest BCUT2D eigenvalue weighted by atomic mass is 9.96. The van der Waals surface area contributed by atoms with Crippen molar-refractivity contribution < 1.29 is 9.59 Å². The number of nitrogens with two attached hydrogens (primary N) is 1. The quantitative estimate of drug-likeness (QED) is 0.920. The van der Waals surface area contributed by atoms with Gasteiger partial charge in [-0.1, -0.05) is 28.1 Å². The van der Waals surface area contributed by atoms with E-state index in [1.165, 1.54) is 0 Å². The molecule has 2 rings (SSSR count). The first-order valence-corrected chi connectivity index (χ1v) is 7.17. The van der Waals surface area contributed by atoms with Crippen LogP contribution in [0.3, 0.4) is 0 Å². The molecule has 1 heterocycles. The highest BCUT2D eigenvalue weighted by molar-refractivity contribution is 9.10. The van der Waals surface area contributed by atoms with E-state index >= 15 is 0 Å². The molecule has 5 heteroatoms. The molecule has 0 spiro atoms. The lowest BCUT2D eigenvalue weighted by Gasteiger charge is -2.30. The normalized spacial score (nSPS) is 16.4. The maximum atomic E-state index is 12.1. The molecule has 0 saturated carbocycles. The summed E-state index contributed by atoms with van der Waals surface area (Å²) in [5.74, 6) is -0.213. The number of amides is 2. The second-order valence-corrected chi connectivity index (χ2v) is 5.78. The van der Waals surface area contributed by atoms with E-state index in [-0.39, 0.29) is 17.7 Å². The Kier molecular flexibility index (Phi) is 4.58. The van der Waals surface area contributed by atoms with Crippen LogP contribution in [-0.4, -0.2) is 29.8 Å². The fraction of sp³-hybridized carbons (Fsp3) is 0.429. The van der Waals surface area contributed by atoms with E-state index in [0.29, 0.717) is 32.4 Å². The van der Waals surface area contributed by atoms with Crippen LogP contribution in [0.15, 0.2) is 28.7 Å². The minimum Gasteiger partial charge on any atom is -0.369 e. The van der Waals surface area contributed by atoms with Crippen LogP contribution in [0.1, 0.15) is 18.4 Å². The Hall–Kier alpha value is -1.36. The standard InChI is InChI=1S/C14H17BrN2O2/c15-12-3-1-2-10(8-12)9-13(18)17-6-4-11(5-7-17)14(16)19/h1-3,8,11H,4-7,9H2,(H2,16,19). The summed E-state index contributed by atoms with van der Waals surface area (Å²) in [6.45, 7) is 1.25. The number of likely N-dealkylation sites (tertiary alicyclic amines) is 1. The molecule has 19 heavy (non-hydrogen) atoms. The Morgan fingerprint density at radius 3 is 2.58 bits per heavy atom. The van der Waals surface area contributed by atoms with E-state index in [4.69, 9.17) is 5.73 Å². The van der Waals surface area contributed by atoms with Gasteiger partial charge in [-0.25, -0.2) is 0 Å². The van der Waals surface area contributed by atoms with Gasteiger partial charge in [-0.3, -0.25) is 9.59 Å². The number of carbonyl (C=O) groups excluding carboxylic acids is 2. The van der Waals surface area contributed by atoms with Gasteiger partial charge in [0.05, 0.1) is 6.42 Å². The fourth-order valence-electron chi connectivity index (χ4n) is 2.35. The molecule has 1 aliphatic heterocycles. The smallest absolute Gasteiger partial charge is 0.226 e. The summed E-state index contributed by atoms with van der Waals surface area (Å²) >= 11 is 3.40. The van der Waals surface area contributed by atoms with E-state index < -0.39 is 0 Å². The molecule has 0 bridgehead atoms. The van der Waals surface area contributed by atoms with E-state index in [2.05, 4.69) is 15.9 Å². The molecule has 0 aliphatic carbocycles. The number of halogens is 1. The highest BCUT2D eigenvalue weighted by Crippen LogP contribution is 2.18. The van der Waals surface area contributed by atoms with Gasteiger partial charge in [-0.15, -0.1) is 0 Å². The molecule has 1 saturated heterocycles. The van der Waals surface area contributed by atoms with Gasteiger partial charge in [0.25, 0.3) is 0 Å². The van der Waals surface area contributed by atoms with Crippen molar-refractivity contribution >= 4 is 27.7 Å². The molecule has 4 nitrogen and oxygen atoms in total. The first kappa shape index (κ1) is 14.1. The van der Waals surface area contributed by atoms with Crippen molar-refractivity contribution in [3.05, 3.63) is 34.3 Å². The average molecular weight is 325 g/mol. The van der Waals surface area contributed by atoms with Gasteiger partial charge in [0.2, 0.25) is 11.8 Å². The van der Waals surface area contributed by atoms with Gasteiger partial charge in [-0.05, 0) is 30.5 Å². The third-order valence-electron chi connectivity index (χ3n) is 3.49. The summed E-state index contributed by atoms with van der Waals surface area (Å²) in [7, 11) is 0. The fourth-order valence-corrected chi connectivity index (χ4v) is 2.79. The van der Waals surface area contributed by atoms with Crippen molar-refractivity contribution in [1.29, 1.82) is 0 Å². The van der Waals surface area contributed by atoms with Crippen LogP contribution in [0.25, 0.3) is 0 Å². The van der Waals surface area contributed by atoms with Crippen LogP contribution in [0.5, 0.6) is 0 Å². The van der Waals surface area contributed by atoms with E-state index in [9.17, 15) is 9.59 Å². The molecule has 1 fully saturated rings. The maximum absolute atomic E-state index is 12.1. The largest absolute Gasteiger partial charge is 0.369 e. The van der Waals surface area contributed by atoms with Gasteiger partial charge in [0.1, 0.15) is 0 Å². The SMILES string of the molecule is NC(=O)C1CCN(C(=O)Cc2cccc(Br)c2)CC1. The van der Waals surface area contributed by atoms with Gasteiger partial charge in [0, 0.05) is 23.5 Å². The molecule has 2 N–H and O–H groups in total.